The number of hydrogen-bond donors (Lipinski definition) is 1. The van der Waals surface area contributed by atoms with Gasteiger partial charge >= 0.3 is 6.18 Å². The van der Waals surface area contributed by atoms with Crippen LogP contribution in [0.1, 0.15) is 53.7 Å². The maximum atomic E-state index is 14.8. The molecule has 0 bridgehead atoms. The maximum absolute atomic E-state index is 14.8. The molecule has 1 N–H and O–H groups in total. The van der Waals surface area contributed by atoms with Crippen molar-refractivity contribution in [2.45, 2.75) is 43.8 Å². The number of alkyl halides is 3. The Morgan fingerprint density at radius 2 is 1.86 bits per heavy atom. The highest BCUT2D eigenvalue weighted by atomic mass is 32.1. The SMILES string of the molecule is CNC(=O)c1ccc(N(C=S)C2(C(=O)N(C)c3cnc(C#N)c(C(F)(F)F)c3)CCCCC2)cc1F. The molecule has 0 saturated heterocycles. The van der Waals surface area contributed by atoms with E-state index in [2.05, 4.69) is 10.3 Å². The van der Waals surface area contributed by atoms with Crippen LogP contribution >= 0.6 is 12.2 Å². The van der Waals surface area contributed by atoms with Crippen LogP contribution in [0.2, 0.25) is 0 Å². The molecule has 2 amide bonds. The summed E-state index contributed by atoms with van der Waals surface area (Å²) in [5.41, 5.74) is -2.25. The number of pyridine rings is 1. The lowest BCUT2D eigenvalue weighted by molar-refractivity contribution is -0.138. The Labute approximate surface area is 210 Å². The second kappa shape index (κ2) is 10.6. The fourth-order valence-corrected chi connectivity index (χ4v) is 4.77. The van der Waals surface area contributed by atoms with E-state index in [0.29, 0.717) is 31.7 Å². The molecular weight excluding hydrogens is 498 g/mol. The van der Waals surface area contributed by atoms with Crippen LogP contribution in [-0.2, 0) is 11.0 Å². The van der Waals surface area contributed by atoms with Crippen LogP contribution in [0.3, 0.4) is 0 Å². The minimum absolute atomic E-state index is 0.151. The Kier molecular flexibility index (Phi) is 7.93. The van der Waals surface area contributed by atoms with Gasteiger partial charge in [-0.25, -0.2) is 9.37 Å². The first-order chi connectivity index (χ1) is 17.0. The molecule has 12 heteroatoms. The molecule has 0 atom stereocenters. The van der Waals surface area contributed by atoms with Crippen molar-refractivity contribution in [1.29, 1.82) is 5.26 Å². The Morgan fingerprint density at radius 1 is 1.19 bits per heavy atom. The van der Waals surface area contributed by atoms with E-state index in [1.807, 2.05) is 0 Å². The molecule has 1 saturated carbocycles. The molecule has 1 fully saturated rings. The smallest absolute Gasteiger partial charge is 0.355 e. The van der Waals surface area contributed by atoms with Crippen molar-refractivity contribution in [2.24, 2.45) is 0 Å². The van der Waals surface area contributed by atoms with Crippen LogP contribution in [0, 0.1) is 17.1 Å². The molecule has 0 radical (unpaired) electrons. The van der Waals surface area contributed by atoms with Gasteiger partial charge < -0.3 is 15.1 Å². The van der Waals surface area contributed by atoms with Gasteiger partial charge in [0, 0.05) is 19.8 Å². The molecule has 0 aliphatic heterocycles. The summed E-state index contributed by atoms with van der Waals surface area (Å²) in [4.78, 5) is 31.9. The summed E-state index contributed by atoms with van der Waals surface area (Å²) in [6.45, 7) is 0. The van der Waals surface area contributed by atoms with Gasteiger partial charge in [-0.15, -0.1) is 0 Å². The van der Waals surface area contributed by atoms with Crippen LogP contribution in [0.25, 0.3) is 0 Å². The molecule has 1 aliphatic rings. The van der Waals surface area contributed by atoms with E-state index >= 15 is 0 Å². The molecule has 7 nitrogen and oxygen atoms in total. The molecular formula is C24H23F4N5O2S. The quantitative estimate of drug-likeness (QED) is 0.442. The van der Waals surface area contributed by atoms with Crippen LogP contribution in [-0.4, -0.2) is 41.9 Å². The first kappa shape index (κ1) is 27.0. The molecule has 1 aromatic heterocycles. The van der Waals surface area contributed by atoms with Gasteiger partial charge in [0.05, 0.1) is 28.5 Å². The van der Waals surface area contributed by atoms with E-state index in [0.717, 1.165) is 23.6 Å². The lowest BCUT2D eigenvalue weighted by Crippen LogP contribution is -2.60. The van der Waals surface area contributed by atoms with Gasteiger partial charge in [-0.2, -0.15) is 18.4 Å². The third kappa shape index (κ3) is 5.02. The number of halogens is 4. The van der Waals surface area contributed by atoms with Gasteiger partial charge in [0.2, 0.25) is 0 Å². The molecule has 190 valence electrons. The summed E-state index contributed by atoms with van der Waals surface area (Å²) >= 11 is 5.21. The van der Waals surface area contributed by atoms with Crippen LogP contribution in [0.15, 0.2) is 30.5 Å². The summed E-state index contributed by atoms with van der Waals surface area (Å²) < 4.78 is 55.2. The number of nitrogens with zero attached hydrogens (tertiary/aromatic N) is 4. The van der Waals surface area contributed by atoms with Gasteiger partial charge in [-0.3, -0.25) is 9.59 Å². The zero-order valence-corrected chi connectivity index (χ0v) is 20.3. The van der Waals surface area contributed by atoms with Crippen molar-refractivity contribution in [2.75, 3.05) is 23.9 Å². The highest BCUT2D eigenvalue weighted by Crippen LogP contribution is 2.40. The van der Waals surface area contributed by atoms with Crippen molar-refractivity contribution >= 4 is 40.9 Å². The maximum Gasteiger partial charge on any atom is 0.419 e. The summed E-state index contributed by atoms with van der Waals surface area (Å²) in [6.07, 6.45) is -1.07. The standard InChI is InChI=1S/C24H23F4N5O2S/c1-30-21(34)17-7-6-15(11-19(17)25)33(14-36)23(8-4-3-5-9-23)22(35)32(2)16-10-18(24(26,27)28)20(12-29)31-13-16/h6-7,10-11,13-14H,3-5,8-9H2,1-2H3,(H,30,34). The minimum atomic E-state index is -4.84. The number of thiocarbonyl (C=S) groups is 1. The highest BCUT2D eigenvalue weighted by molar-refractivity contribution is 7.79. The number of carbonyl (C=O) groups excluding carboxylic acids is 2. The zero-order chi connectivity index (χ0) is 26.7. The Hall–Kier alpha value is -3.59. The van der Waals surface area contributed by atoms with Gasteiger partial charge in [-0.05, 0) is 37.1 Å². The molecule has 0 spiro atoms. The van der Waals surface area contributed by atoms with Gasteiger partial charge in [0.25, 0.3) is 11.8 Å². The van der Waals surface area contributed by atoms with E-state index in [-0.39, 0.29) is 16.9 Å². The first-order valence-electron chi connectivity index (χ1n) is 11.0. The van der Waals surface area contributed by atoms with Gasteiger partial charge in [0.1, 0.15) is 17.4 Å². The van der Waals surface area contributed by atoms with Crippen molar-refractivity contribution < 1.29 is 27.2 Å². The summed E-state index contributed by atoms with van der Waals surface area (Å²) in [7, 11) is 2.69. The van der Waals surface area contributed by atoms with Crippen LogP contribution in [0.4, 0.5) is 28.9 Å². The first-order valence-corrected chi connectivity index (χ1v) is 11.5. The van der Waals surface area contributed by atoms with Crippen molar-refractivity contribution in [3.05, 3.63) is 53.1 Å². The second-order valence-electron chi connectivity index (χ2n) is 8.37. The van der Waals surface area contributed by atoms with Crippen LogP contribution < -0.4 is 15.1 Å². The second-order valence-corrected chi connectivity index (χ2v) is 8.59. The number of benzene rings is 1. The lowest BCUT2D eigenvalue weighted by Gasteiger charge is -2.45. The van der Waals surface area contributed by atoms with E-state index in [9.17, 15) is 27.2 Å². The molecule has 2 aromatic rings. The van der Waals surface area contributed by atoms with Crippen molar-refractivity contribution in [3.63, 3.8) is 0 Å². The van der Waals surface area contributed by atoms with Gasteiger partial charge in [0.15, 0.2) is 5.69 Å². The molecule has 1 heterocycles. The number of carbonyl (C=O) groups is 2. The molecule has 36 heavy (non-hydrogen) atoms. The normalized spacial score (nSPS) is 14.9. The number of aromatic nitrogens is 1. The minimum Gasteiger partial charge on any atom is -0.355 e. The largest absolute Gasteiger partial charge is 0.419 e. The van der Waals surface area contributed by atoms with Gasteiger partial charge in [-0.1, -0.05) is 31.5 Å². The Balaban J connectivity index is 2.07. The molecule has 1 aromatic carbocycles. The van der Waals surface area contributed by atoms with E-state index < -0.39 is 40.6 Å². The third-order valence-corrected chi connectivity index (χ3v) is 6.54. The molecule has 1 aliphatic carbocycles. The highest BCUT2D eigenvalue weighted by Gasteiger charge is 2.47. The van der Waals surface area contributed by atoms with Crippen LogP contribution in [0.5, 0.6) is 0 Å². The predicted molar refractivity (Wildman–Crippen MR) is 129 cm³/mol. The number of likely N-dealkylation sites (N-methyl/N-ethyl adjacent to an activating group) is 1. The lowest BCUT2D eigenvalue weighted by atomic mass is 9.78. The summed E-state index contributed by atoms with van der Waals surface area (Å²) in [5.74, 6) is -1.99. The fourth-order valence-electron chi connectivity index (χ4n) is 4.45. The number of anilines is 2. The number of nitrogens with one attached hydrogen (secondary N) is 1. The Bertz CT molecular complexity index is 1220. The van der Waals surface area contributed by atoms with Crippen molar-refractivity contribution in [3.8, 4) is 6.07 Å². The number of amides is 2. The van der Waals surface area contributed by atoms with E-state index in [1.165, 1.54) is 42.7 Å². The number of hydrogen-bond acceptors (Lipinski definition) is 5. The number of rotatable bonds is 6. The van der Waals surface area contributed by atoms with E-state index in [1.54, 1.807) is 0 Å². The monoisotopic (exact) mass is 521 g/mol. The van der Waals surface area contributed by atoms with Crippen molar-refractivity contribution in [1.82, 2.24) is 10.3 Å². The zero-order valence-electron chi connectivity index (χ0n) is 19.5. The predicted octanol–water partition coefficient (Wildman–Crippen LogP) is 4.60. The summed E-state index contributed by atoms with van der Waals surface area (Å²) in [6, 6.07) is 5.96. The average molecular weight is 522 g/mol. The molecule has 0 unspecified atom stereocenters. The van der Waals surface area contributed by atoms with E-state index in [4.69, 9.17) is 17.5 Å². The number of nitriles is 1. The average Bonchev–Trinajstić information content (AvgIpc) is 2.87. The third-order valence-electron chi connectivity index (χ3n) is 6.32. The summed E-state index contributed by atoms with van der Waals surface area (Å²) in [5, 5.41) is 11.4. The Morgan fingerprint density at radius 3 is 2.39 bits per heavy atom. The fraction of sp³-hybridized carbons (Fsp3) is 0.375. The topological polar surface area (TPSA) is 89.3 Å². The molecule has 3 rings (SSSR count).